The fraction of sp³-hybridized carbons (Fsp3) is 0.412. The van der Waals surface area contributed by atoms with Gasteiger partial charge in [-0.3, -0.25) is 4.98 Å². The minimum absolute atomic E-state index is 0.183. The van der Waals surface area contributed by atoms with Gasteiger partial charge in [-0.1, -0.05) is 0 Å². The van der Waals surface area contributed by atoms with E-state index in [0.29, 0.717) is 23.4 Å². The van der Waals surface area contributed by atoms with Crippen molar-refractivity contribution < 1.29 is 14.6 Å². The third-order valence-corrected chi connectivity index (χ3v) is 3.95. The molecule has 1 aliphatic heterocycles. The zero-order valence-corrected chi connectivity index (χ0v) is 13.3. The maximum atomic E-state index is 11.1. The SMILES string of the molecule is O=C(O)c1ccnc(-c2ccnc(NCC[C@H]3CCCCO3)n2)c1. The lowest BCUT2D eigenvalue weighted by Gasteiger charge is -2.22. The van der Waals surface area contributed by atoms with Gasteiger partial charge in [0.1, 0.15) is 0 Å². The predicted molar refractivity (Wildman–Crippen MR) is 88.9 cm³/mol. The Hall–Kier alpha value is -2.54. The van der Waals surface area contributed by atoms with Gasteiger partial charge < -0.3 is 15.2 Å². The van der Waals surface area contributed by atoms with Crippen molar-refractivity contribution >= 4 is 11.9 Å². The summed E-state index contributed by atoms with van der Waals surface area (Å²) < 4.78 is 5.70. The number of nitrogens with one attached hydrogen (secondary N) is 1. The van der Waals surface area contributed by atoms with Crippen molar-refractivity contribution in [3.05, 3.63) is 36.2 Å². The number of ether oxygens (including phenoxy) is 1. The van der Waals surface area contributed by atoms with Crippen molar-refractivity contribution in [1.82, 2.24) is 15.0 Å². The molecule has 7 heteroatoms. The van der Waals surface area contributed by atoms with Crippen LogP contribution in [0.15, 0.2) is 30.6 Å². The number of anilines is 1. The standard InChI is InChI=1S/C17H20N4O3/c22-16(23)12-4-7-18-15(11-12)14-6-9-20-17(21-14)19-8-5-13-3-1-2-10-24-13/h4,6-7,9,11,13H,1-3,5,8,10H2,(H,22,23)(H,19,20,21)/t13-/m1/s1. The van der Waals surface area contributed by atoms with Crippen LogP contribution in [0, 0.1) is 0 Å². The van der Waals surface area contributed by atoms with E-state index in [4.69, 9.17) is 9.84 Å². The predicted octanol–water partition coefficient (Wildman–Crippen LogP) is 2.61. The van der Waals surface area contributed by atoms with Crippen LogP contribution >= 0.6 is 0 Å². The maximum Gasteiger partial charge on any atom is 0.335 e. The molecule has 126 valence electrons. The fourth-order valence-electron chi connectivity index (χ4n) is 2.67. The summed E-state index contributed by atoms with van der Waals surface area (Å²) in [6.45, 7) is 1.58. The van der Waals surface area contributed by atoms with Crippen molar-refractivity contribution in [3.8, 4) is 11.4 Å². The van der Waals surface area contributed by atoms with E-state index in [0.717, 1.165) is 32.4 Å². The molecule has 1 aliphatic rings. The molecule has 1 saturated heterocycles. The van der Waals surface area contributed by atoms with Crippen LogP contribution < -0.4 is 5.32 Å². The van der Waals surface area contributed by atoms with E-state index in [1.54, 1.807) is 12.3 Å². The second kappa shape index (κ2) is 7.83. The Labute approximate surface area is 140 Å². The van der Waals surface area contributed by atoms with Gasteiger partial charge in [-0.15, -0.1) is 0 Å². The summed E-state index contributed by atoms with van der Waals surface area (Å²) in [6.07, 6.45) is 7.81. The summed E-state index contributed by atoms with van der Waals surface area (Å²) in [5, 5.41) is 12.3. The van der Waals surface area contributed by atoms with Crippen molar-refractivity contribution in [2.45, 2.75) is 31.8 Å². The van der Waals surface area contributed by atoms with E-state index in [-0.39, 0.29) is 5.56 Å². The average molecular weight is 328 g/mol. The number of carbonyl (C=O) groups is 1. The van der Waals surface area contributed by atoms with Crippen LogP contribution in [0.5, 0.6) is 0 Å². The molecule has 0 radical (unpaired) electrons. The van der Waals surface area contributed by atoms with Gasteiger partial charge in [0.15, 0.2) is 0 Å². The van der Waals surface area contributed by atoms with E-state index in [9.17, 15) is 4.79 Å². The van der Waals surface area contributed by atoms with Crippen LogP contribution in [0.1, 0.15) is 36.0 Å². The molecule has 2 N–H and O–H groups in total. The van der Waals surface area contributed by atoms with E-state index in [1.165, 1.54) is 24.8 Å². The average Bonchev–Trinajstić information content (AvgIpc) is 2.63. The number of pyridine rings is 1. The van der Waals surface area contributed by atoms with Gasteiger partial charge in [0, 0.05) is 25.5 Å². The third-order valence-electron chi connectivity index (χ3n) is 3.95. The molecule has 2 aromatic heterocycles. The summed E-state index contributed by atoms with van der Waals surface area (Å²) >= 11 is 0. The molecular weight excluding hydrogens is 308 g/mol. The lowest BCUT2D eigenvalue weighted by atomic mass is 10.1. The Balaban J connectivity index is 1.63. The number of carboxylic acid groups (broad SMARTS) is 1. The molecule has 24 heavy (non-hydrogen) atoms. The quantitative estimate of drug-likeness (QED) is 0.841. The largest absolute Gasteiger partial charge is 0.478 e. The summed E-state index contributed by atoms with van der Waals surface area (Å²) in [7, 11) is 0. The number of aromatic nitrogens is 3. The number of rotatable bonds is 6. The highest BCUT2D eigenvalue weighted by molar-refractivity contribution is 5.88. The maximum absolute atomic E-state index is 11.1. The fourth-order valence-corrected chi connectivity index (χ4v) is 2.67. The number of aromatic carboxylic acids is 1. The number of carboxylic acids is 1. The van der Waals surface area contributed by atoms with Gasteiger partial charge in [-0.05, 0) is 43.9 Å². The highest BCUT2D eigenvalue weighted by atomic mass is 16.5. The minimum Gasteiger partial charge on any atom is -0.478 e. The van der Waals surface area contributed by atoms with Gasteiger partial charge in [-0.2, -0.15) is 0 Å². The molecule has 0 spiro atoms. The Morgan fingerprint density at radius 1 is 1.25 bits per heavy atom. The van der Waals surface area contributed by atoms with Gasteiger partial charge in [-0.25, -0.2) is 14.8 Å². The molecule has 0 saturated carbocycles. The molecule has 7 nitrogen and oxygen atoms in total. The van der Waals surface area contributed by atoms with E-state index in [1.807, 2.05) is 0 Å². The first-order chi connectivity index (χ1) is 11.7. The molecule has 2 aromatic rings. The van der Waals surface area contributed by atoms with Gasteiger partial charge >= 0.3 is 5.97 Å². The molecule has 1 atom stereocenters. The van der Waals surface area contributed by atoms with Crippen LogP contribution in [-0.2, 0) is 4.74 Å². The summed E-state index contributed by atoms with van der Waals surface area (Å²) in [6, 6.07) is 4.67. The number of nitrogens with zero attached hydrogens (tertiary/aromatic N) is 3. The van der Waals surface area contributed by atoms with Crippen molar-refractivity contribution in [2.24, 2.45) is 0 Å². The van der Waals surface area contributed by atoms with E-state index in [2.05, 4.69) is 20.3 Å². The first-order valence-corrected chi connectivity index (χ1v) is 8.10. The van der Waals surface area contributed by atoms with Crippen LogP contribution in [0.25, 0.3) is 11.4 Å². The van der Waals surface area contributed by atoms with Gasteiger partial charge in [0.05, 0.1) is 23.1 Å². The van der Waals surface area contributed by atoms with Gasteiger partial charge in [0.2, 0.25) is 5.95 Å². The Kier molecular flexibility index (Phi) is 5.32. The zero-order valence-electron chi connectivity index (χ0n) is 13.3. The summed E-state index contributed by atoms with van der Waals surface area (Å²) in [5.74, 6) is -0.482. The monoisotopic (exact) mass is 328 g/mol. The number of hydrogen-bond donors (Lipinski definition) is 2. The molecule has 3 rings (SSSR count). The van der Waals surface area contributed by atoms with E-state index < -0.39 is 5.97 Å². The van der Waals surface area contributed by atoms with Crippen molar-refractivity contribution in [2.75, 3.05) is 18.5 Å². The lowest BCUT2D eigenvalue weighted by Crippen LogP contribution is -2.22. The number of hydrogen-bond acceptors (Lipinski definition) is 6. The topological polar surface area (TPSA) is 97.2 Å². The summed E-state index contributed by atoms with van der Waals surface area (Å²) in [4.78, 5) is 23.8. The molecule has 0 aromatic carbocycles. The highest BCUT2D eigenvalue weighted by Gasteiger charge is 2.13. The summed E-state index contributed by atoms with van der Waals surface area (Å²) in [5.41, 5.74) is 1.28. The first kappa shape index (κ1) is 16.3. The second-order valence-corrected chi connectivity index (χ2v) is 5.70. The van der Waals surface area contributed by atoms with Crippen LogP contribution in [-0.4, -0.2) is 45.3 Å². The smallest absolute Gasteiger partial charge is 0.335 e. The van der Waals surface area contributed by atoms with Crippen molar-refractivity contribution in [3.63, 3.8) is 0 Å². The molecule has 3 heterocycles. The zero-order chi connectivity index (χ0) is 16.8. The highest BCUT2D eigenvalue weighted by Crippen LogP contribution is 2.18. The third kappa shape index (κ3) is 4.26. The van der Waals surface area contributed by atoms with Gasteiger partial charge in [0.25, 0.3) is 0 Å². The normalized spacial score (nSPS) is 17.4. The van der Waals surface area contributed by atoms with E-state index >= 15 is 0 Å². The Bertz CT molecular complexity index is 702. The van der Waals surface area contributed by atoms with Crippen LogP contribution in [0.2, 0.25) is 0 Å². The second-order valence-electron chi connectivity index (χ2n) is 5.70. The van der Waals surface area contributed by atoms with Crippen LogP contribution in [0.4, 0.5) is 5.95 Å². The van der Waals surface area contributed by atoms with Crippen LogP contribution in [0.3, 0.4) is 0 Å². The lowest BCUT2D eigenvalue weighted by molar-refractivity contribution is 0.0134. The molecule has 0 bridgehead atoms. The first-order valence-electron chi connectivity index (χ1n) is 8.10. The Morgan fingerprint density at radius 3 is 2.92 bits per heavy atom. The molecule has 0 amide bonds. The Morgan fingerprint density at radius 2 is 2.12 bits per heavy atom. The molecule has 1 fully saturated rings. The molecule has 0 aliphatic carbocycles. The molecular formula is C17H20N4O3. The minimum atomic E-state index is -0.987. The van der Waals surface area contributed by atoms with Crippen molar-refractivity contribution in [1.29, 1.82) is 0 Å². The molecule has 0 unspecified atom stereocenters.